The van der Waals surface area contributed by atoms with Crippen molar-refractivity contribution >= 4 is 18.3 Å². The fourth-order valence-corrected chi connectivity index (χ4v) is 2.76. The van der Waals surface area contributed by atoms with Crippen LogP contribution in [0.5, 0.6) is 0 Å². The number of rotatable bonds is 7. The topological polar surface area (TPSA) is 72.1 Å². The highest BCUT2D eigenvalue weighted by molar-refractivity contribution is 5.99. The summed E-state index contributed by atoms with van der Waals surface area (Å²) in [6.45, 7) is 7.35. The second-order valence-corrected chi connectivity index (χ2v) is 6.25. The summed E-state index contributed by atoms with van der Waals surface area (Å²) in [6, 6.07) is 13.6. The summed E-state index contributed by atoms with van der Waals surface area (Å²) in [5, 5.41) is 10.8. The summed E-state index contributed by atoms with van der Waals surface area (Å²) in [4.78, 5) is 12.8. The first-order valence-corrected chi connectivity index (χ1v) is 8.82. The average Bonchev–Trinajstić information content (AvgIpc) is 3.27. The minimum Gasteiger partial charge on any atom is -0.460 e. The van der Waals surface area contributed by atoms with Gasteiger partial charge < -0.3 is 15.1 Å². The van der Waals surface area contributed by atoms with Crippen LogP contribution in [-0.2, 0) is 0 Å². The van der Waals surface area contributed by atoms with Crippen molar-refractivity contribution in [2.45, 2.75) is 26.8 Å². The predicted octanol–water partition coefficient (Wildman–Crippen LogP) is 3.59. The number of furan rings is 1. The molecule has 1 atom stereocenters. The number of hydrogen-bond acceptors (Lipinski definition) is 4. The maximum atomic E-state index is 12.8. The Bertz CT molecular complexity index is 873. The summed E-state index contributed by atoms with van der Waals surface area (Å²) in [5.41, 5.74) is 1.92. The van der Waals surface area contributed by atoms with Crippen LogP contribution in [-0.4, -0.2) is 34.8 Å². The molecule has 0 aliphatic heterocycles. The van der Waals surface area contributed by atoms with Gasteiger partial charge in [0.05, 0.1) is 11.3 Å². The van der Waals surface area contributed by atoms with Gasteiger partial charge in [0.1, 0.15) is 11.5 Å². The number of carbonyl (C=O) groups excluding carboxylic acids is 1. The van der Waals surface area contributed by atoms with Gasteiger partial charge in [0, 0.05) is 18.8 Å². The minimum absolute atomic E-state index is 0. The molecule has 0 radical (unpaired) electrons. The third-order valence-electron chi connectivity index (χ3n) is 4.07. The third kappa shape index (κ3) is 4.99. The molecule has 0 unspecified atom stereocenters. The summed E-state index contributed by atoms with van der Waals surface area (Å²) < 4.78 is 7.41. The number of halogens is 1. The lowest BCUT2D eigenvalue weighted by Gasteiger charge is -2.12. The molecule has 0 saturated carbocycles. The molecule has 6 nitrogen and oxygen atoms in total. The maximum absolute atomic E-state index is 12.8. The Morgan fingerprint density at radius 1 is 1.22 bits per heavy atom. The van der Waals surface area contributed by atoms with Crippen LogP contribution < -0.4 is 10.6 Å². The van der Waals surface area contributed by atoms with E-state index in [-0.39, 0.29) is 24.4 Å². The van der Waals surface area contributed by atoms with E-state index < -0.39 is 0 Å². The number of carbonyl (C=O) groups is 1. The smallest absolute Gasteiger partial charge is 0.255 e. The standard InChI is InChI=1S/C20H24N4O2.ClH/c1-4-21-14(2)12-22-20(25)17-13-24(16-8-6-5-7-9-16)23-19(17)18-11-10-15(3)26-18;/h5-11,13-14,21H,4,12H2,1-3H3,(H,22,25);1H/t14-;/m1./s1. The predicted molar refractivity (Wildman–Crippen MR) is 109 cm³/mol. The van der Waals surface area contributed by atoms with Gasteiger partial charge in [-0.2, -0.15) is 5.10 Å². The highest BCUT2D eigenvalue weighted by atomic mass is 35.5. The lowest BCUT2D eigenvalue weighted by atomic mass is 10.2. The number of likely N-dealkylation sites (N-methyl/N-ethyl adjacent to an activating group) is 1. The Morgan fingerprint density at radius 2 is 1.96 bits per heavy atom. The van der Waals surface area contributed by atoms with Gasteiger partial charge in [-0.05, 0) is 44.7 Å². The van der Waals surface area contributed by atoms with Gasteiger partial charge in [-0.15, -0.1) is 12.4 Å². The van der Waals surface area contributed by atoms with Crippen molar-refractivity contribution in [1.29, 1.82) is 0 Å². The molecule has 0 saturated heterocycles. The SMILES string of the molecule is CCN[C@H](C)CNC(=O)c1cn(-c2ccccc2)nc1-c1ccc(C)o1.Cl. The largest absolute Gasteiger partial charge is 0.460 e. The van der Waals surface area contributed by atoms with E-state index in [4.69, 9.17) is 4.42 Å². The van der Waals surface area contributed by atoms with Gasteiger partial charge in [0.2, 0.25) is 0 Å². The van der Waals surface area contributed by atoms with E-state index in [9.17, 15) is 4.79 Å². The normalized spacial score (nSPS) is 11.7. The van der Waals surface area contributed by atoms with E-state index in [0.29, 0.717) is 23.6 Å². The first kappa shape index (κ1) is 20.7. The molecule has 0 fully saturated rings. The van der Waals surface area contributed by atoms with Crippen molar-refractivity contribution in [2.75, 3.05) is 13.1 Å². The maximum Gasteiger partial charge on any atom is 0.255 e. The Kier molecular flexibility index (Phi) is 7.21. The monoisotopic (exact) mass is 388 g/mol. The van der Waals surface area contributed by atoms with E-state index in [1.165, 1.54) is 0 Å². The van der Waals surface area contributed by atoms with Crippen LogP contribution >= 0.6 is 12.4 Å². The van der Waals surface area contributed by atoms with Crippen LogP contribution in [0.1, 0.15) is 30.0 Å². The molecule has 1 aromatic carbocycles. The van der Waals surface area contributed by atoms with Gasteiger partial charge >= 0.3 is 0 Å². The molecule has 1 amide bonds. The van der Waals surface area contributed by atoms with Crippen molar-refractivity contribution in [2.24, 2.45) is 0 Å². The number of benzene rings is 1. The zero-order valence-electron chi connectivity index (χ0n) is 15.7. The van der Waals surface area contributed by atoms with Gasteiger partial charge in [-0.1, -0.05) is 25.1 Å². The first-order valence-electron chi connectivity index (χ1n) is 8.82. The van der Waals surface area contributed by atoms with Gasteiger partial charge in [-0.25, -0.2) is 4.68 Å². The molecule has 0 bridgehead atoms. The molecule has 2 aromatic heterocycles. The number of nitrogens with zero attached hydrogens (tertiary/aromatic N) is 2. The molecule has 144 valence electrons. The first-order chi connectivity index (χ1) is 12.6. The number of para-hydroxylation sites is 1. The van der Waals surface area contributed by atoms with E-state index in [1.54, 1.807) is 10.9 Å². The van der Waals surface area contributed by atoms with Crippen LogP contribution in [0.2, 0.25) is 0 Å². The highest BCUT2D eigenvalue weighted by Crippen LogP contribution is 2.25. The Balaban J connectivity index is 0.00000261. The Labute approximate surface area is 165 Å². The second-order valence-electron chi connectivity index (χ2n) is 6.25. The molecule has 2 heterocycles. The number of aryl methyl sites for hydroxylation is 1. The summed E-state index contributed by atoms with van der Waals surface area (Å²) in [6.07, 6.45) is 1.75. The summed E-state index contributed by atoms with van der Waals surface area (Å²) >= 11 is 0. The zero-order chi connectivity index (χ0) is 18.5. The van der Waals surface area contributed by atoms with Crippen molar-refractivity contribution in [3.8, 4) is 17.1 Å². The van der Waals surface area contributed by atoms with Crippen LogP contribution in [0.25, 0.3) is 17.1 Å². The molecule has 7 heteroatoms. The number of nitrogens with one attached hydrogen (secondary N) is 2. The molecule has 0 aliphatic rings. The van der Waals surface area contributed by atoms with Crippen LogP contribution in [0.4, 0.5) is 0 Å². The second kappa shape index (κ2) is 9.39. The Morgan fingerprint density at radius 3 is 2.59 bits per heavy atom. The van der Waals surface area contributed by atoms with E-state index in [1.807, 2.05) is 63.2 Å². The summed E-state index contributed by atoms with van der Waals surface area (Å²) in [5.74, 6) is 1.20. The molecule has 2 N–H and O–H groups in total. The number of amides is 1. The van der Waals surface area contributed by atoms with Crippen LogP contribution in [0.15, 0.2) is 53.1 Å². The van der Waals surface area contributed by atoms with Gasteiger partial charge in [-0.3, -0.25) is 4.79 Å². The zero-order valence-corrected chi connectivity index (χ0v) is 16.5. The lowest BCUT2D eigenvalue weighted by Crippen LogP contribution is -2.38. The highest BCUT2D eigenvalue weighted by Gasteiger charge is 2.21. The molecule has 27 heavy (non-hydrogen) atoms. The van der Waals surface area contributed by atoms with E-state index >= 15 is 0 Å². The fraction of sp³-hybridized carbons (Fsp3) is 0.300. The average molecular weight is 389 g/mol. The van der Waals surface area contributed by atoms with E-state index in [0.717, 1.165) is 18.0 Å². The quantitative estimate of drug-likeness (QED) is 0.648. The van der Waals surface area contributed by atoms with Gasteiger partial charge in [0.25, 0.3) is 5.91 Å². The molecule has 3 rings (SSSR count). The fourth-order valence-electron chi connectivity index (χ4n) is 2.76. The molecular weight excluding hydrogens is 364 g/mol. The van der Waals surface area contributed by atoms with Crippen molar-refractivity contribution in [3.05, 3.63) is 60.0 Å². The van der Waals surface area contributed by atoms with Crippen molar-refractivity contribution < 1.29 is 9.21 Å². The lowest BCUT2D eigenvalue weighted by molar-refractivity contribution is 0.0950. The molecule has 3 aromatic rings. The molecule has 0 aliphatic carbocycles. The Hall–Kier alpha value is -2.57. The minimum atomic E-state index is -0.166. The van der Waals surface area contributed by atoms with Crippen LogP contribution in [0, 0.1) is 6.92 Å². The summed E-state index contributed by atoms with van der Waals surface area (Å²) in [7, 11) is 0. The van der Waals surface area contributed by atoms with Crippen molar-refractivity contribution in [3.63, 3.8) is 0 Å². The number of aromatic nitrogens is 2. The number of hydrogen-bond donors (Lipinski definition) is 2. The van der Waals surface area contributed by atoms with Crippen LogP contribution in [0.3, 0.4) is 0 Å². The van der Waals surface area contributed by atoms with E-state index in [2.05, 4.69) is 15.7 Å². The third-order valence-corrected chi connectivity index (χ3v) is 4.07. The van der Waals surface area contributed by atoms with Gasteiger partial charge in [0.15, 0.2) is 5.76 Å². The molecular formula is C20H25ClN4O2. The molecule has 0 spiro atoms. The van der Waals surface area contributed by atoms with Crippen molar-refractivity contribution in [1.82, 2.24) is 20.4 Å².